The molecule has 3 aliphatic heterocycles. The van der Waals surface area contributed by atoms with Crippen molar-refractivity contribution < 1.29 is 89.7 Å². The molecule has 0 bridgehead atoms. The third kappa shape index (κ3) is 9.26. The highest BCUT2D eigenvalue weighted by molar-refractivity contribution is 5.32. The molecule has 7 rings (SSSR count). The molecular weight excluding hydrogens is 877 g/mol. The molecule has 18 heteroatoms. The lowest BCUT2D eigenvalue weighted by Crippen LogP contribution is -2.65. The lowest BCUT2D eigenvalue weighted by molar-refractivity contribution is -0.338. The summed E-state index contributed by atoms with van der Waals surface area (Å²) in [6.45, 7) is 16.8. The van der Waals surface area contributed by atoms with Crippen LogP contribution < -0.4 is 0 Å². The normalized spacial score (nSPS) is 51.0. The van der Waals surface area contributed by atoms with Crippen LogP contribution >= 0.6 is 0 Å². The average Bonchev–Trinajstić information content (AvgIpc) is 3.54. The predicted octanol–water partition coefficient (Wildman–Crippen LogP) is 0.219. The van der Waals surface area contributed by atoms with Crippen LogP contribution in [0.2, 0.25) is 0 Å². The van der Waals surface area contributed by atoms with E-state index in [1.807, 2.05) is 0 Å². The van der Waals surface area contributed by atoms with Gasteiger partial charge in [0, 0.05) is 16.7 Å². The maximum absolute atomic E-state index is 12.6. The van der Waals surface area contributed by atoms with E-state index in [-0.39, 0.29) is 34.5 Å². The minimum atomic E-state index is -1.70. The Hall–Kier alpha value is -0.980. The van der Waals surface area contributed by atoms with Crippen molar-refractivity contribution in [2.24, 2.45) is 51.2 Å². The van der Waals surface area contributed by atoms with Crippen molar-refractivity contribution in [3.63, 3.8) is 0 Å². The van der Waals surface area contributed by atoms with E-state index in [4.69, 9.17) is 28.4 Å². The van der Waals surface area contributed by atoms with Gasteiger partial charge in [-0.15, -0.1) is 0 Å². The van der Waals surface area contributed by atoms with Gasteiger partial charge in [-0.25, -0.2) is 0 Å². The summed E-state index contributed by atoms with van der Waals surface area (Å²) in [5.41, 5.74) is -1.51. The molecule has 3 saturated carbocycles. The maximum atomic E-state index is 12.6. The van der Waals surface area contributed by atoms with Gasteiger partial charge in [-0.2, -0.15) is 0 Å². The highest BCUT2D eigenvalue weighted by Crippen LogP contribution is 2.75. The summed E-state index contributed by atoms with van der Waals surface area (Å²) in [5.74, 6) is -0.0947. The van der Waals surface area contributed by atoms with Crippen molar-refractivity contribution in [1.82, 2.24) is 0 Å². The minimum Gasteiger partial charge on any atom is -0.394 e. The lowest BCUT2D eigenvalue weighted by Gasteiger charge is -2.67. The van der Waals surface area contributed by atoms with E-state index in [9.17, 15) is 61.3 Å². The fraction of sp³-hybridized carbons (Fsp3) is 0.959. The van der Waals surface area contributed by atoms with Gasteiger partial charge in [-0.3, -0.25) is 0 Å². The Morgan fingerprint density at radius 2 is 1.28 bits per heavy atom. The third-order valence-corrected chi connectivity index (χ3v) is 19.0. The van der Waals surface area contributed by atoms with Crippen LogP contribution in [0.25, 0.3) is 0 Å². The quantitative estimate of drug-likeness (QED) is 0.104. The van der Waals surface area contributed by atoms with Gasteiger partial charge in [0.05, 0.1) is 49.8 Å². The Morgan fingerprint density at radius 3 is 1.91 bits per heavy atom. The van der Waals surface area contributed by atoms with E-state index in [1.165, 1.54) is 5.57 Å². The van der Waals surface area contributed by atoms with Crippen molar-refractivity contribution in [3.05, 3.63) is 11.6 Å². The van der Waals surface area contributed by atoms with E-state index >= 15 is 0 Å². The second-order valence-electron chi connectivity index (χ2n) is 23.4. The van der Waals surface area contributed by atoms with Gasteiger partial charge in [0.15, 0.2) is 18.9 Å². The van der Waals surface area contributed by atoms with E-state index in [0.29, 0.717) is 25.7 Å². The highest BCUT2D eigenvalue weighted by atomic mass is 16.7. The second-order valence-corrected chi connectivity index (χ2v) is 23.4. The van der Waals surface area contributed by atoms with Crippen molar-refractivity contribution in [1.29, 1.82) is 0 Å². The minimum absolute atomic E-state index is 0.0696. The van der Waals surface area contributed by atoms with Gasteiger partial charge < -0.3 is 89.7 Å². The Balaban J connectivity index is 1.01. The van der Waals surface area contributed by atoms with Crippen LogP contribution in [0.15, 0.2) is 11.6 Å². The summed E-state index contributed by atoms with van der Waals surface area (Å²) < 4.78 is 35.8. The Morgan fingerprint density at radius 1 is 0.701 bits per heavy atom. The van der Waals surface area contributed by atoms with Gasteiger partial charge in [-0.1, -0.05) is 60.1 Å². The number of fused-ring (bicyclic) bond motifs is 5. The first-order chi connectivity index (χ1) is 31.2. The van der Waals surface area contributed by atoms with Gasteiger partial charge in [0.2, 0.25) is 0 Å². The summed E-state index contributed by atoms with van der Waals surface area (Å²) in [6.07, 6.45) is -13.1. The first-order valence-electron chi connectivity index (χ1n) is 24.8. The van der Waals surface area contributed by atoms with Crippen molar-refractivity contribution in [2.75, 3.05) is 19.8 Å². The smallest absolute Gasteiger partial charge is 0.187 e. The molecule has 12 N–H and O–H groups in total. The number of hydrogen-bond acceptors (Lipinski definition) is 18. The Bertz CT molecular complexity index is 1710. The van der Waals surface area contributed by atoms with Crippen LogP contribution in [0.1, 0.15) is 114 Å². The van der Waals surface area contributed by atoms with Gasteiger partial charge in [-0.05, 0) is 99.7 Å². The van der Waals surface area contributed by atoms with Crippen LogP contribution in [-0.4, -0.2) is 191 Å². The van der Waals surface area contributed by atoms with E-state index in [0.717, 1.165) is 25.7 Å². The Kier molecular flexibility index (Phi) is 15.9. The maximum Gasteiger partial charge on any atom is 0.187 e. The largest absolute Gasteiger partial charge is 0.394 e. The summed E-state index contributed by atoms with van der Waals surface area (Å²) in [6, 6.07) is 0. The zero-order chi connectivity index (χ0) is 49.5. The molecule has 25 atom stereocenters. The third-order valence-electron chi connectivity index (χ3n) is 19.0. The number of aliphatic hydroxyl groups is 12. The molecule has 18 nitrogen and oxygen atoms in total. The van der Waals surface area contributed by atoms with Crippen molar-refractivity contribution >= 4 is 0 Å². The molecule has 3 heterocycles. The second kappa shape index (κ2) is 19.8. The molecule has 0 amide bonds. The number of aliphatic hydroxyl groups excluding tert-OH is 11. The van der Waals surface area contributed by atoms with Gasteiger partial charge in [0.25, 0.3) is 0 Å². The monoisotopic (exact) mass is 961 g/mol. The molecule has 0 aromatic rings. The fourth-order valence-corrected chi connectivity index (χ4v) is 14.4. The van der Waals surface area contributed by atoms with Crippen molar-refractivity contribution in [3.8, 4) is 0 Å². The van der Waals surface area contributed by atoms with Crippen molar-refractivity contribution in [2.45, 2.75) is 224 Å². The van der Waals surface area contributed by atoms with Crippen LogP contribution in [0.4, 0.5) is 0 Å². The molecule has 0 radical (unpaired) electrons. The molecule has 6 fully saturated rings. The van der Waals surface area contributed by atoms with Crippen LogP contribution in [0.3, 0.4) is 0 Å². The molecule has 3 unspecified atom stereocenters. The van der Waals surface area contributed by atoms with E-state index in [2.05, 4.69) is 47.6 Å². The first-order valence-corrected chi connectivity index (χ1v) is 24.8. The zero-order valence-corrected chi connectivity index (χ0v) is 40.9. The predicted molar refractivity (Wildman–Crippen MR) is 238 cm³/mol. The summed E-state index contributed by atoms with van der Waals surface area (Å²) in [7, 11) is 0. The summed E-state index contributed by atoms with van der Waals surface area (Å²) >= 11 is 0. The molecule has 7 aliphatic rings. The number of hydrogen-bond donors (Lipinski definition) is 12. The fourth-order valence-electron chi connectivity index (χ4n) is 14.4. The number of allylic oxidation sites excluding steroid dienone is 1. The highest BCUT2D eigenvalue weighted by Gasteiger charge is 2.70. The first kappa shape index (κ1) is 53.8. The van der Waals surface area contributed by atoms with E-state index in [1.54, 1.807) is 20.8 Å². The molecule has 0 aromatic heterocycles. The number of ether oxygens (including phenoxy) is 6. The molecule has 3 saturated heterocycles. The standard InChI is InChI=1S/C49H84O18/c1-22(10-14-33(46(5,6)61)67-44-41(60)39(58)37(56)29(65-44)21-62-42-35(54)23(2)34(53)27(19-50)63-42)24-16-17-47(7)30-13-11-25-26(49(30,9)31(52)18-48(24,47)8)12-15-32(45(25,3)4)66-43-40(59)38(57)36(55)28(20-51)64-43/h11,22-24,26-44,50-61H,10,12-21H2,1-9H3/t22-,23+,24?,26?,27-,28-,29-,30?,31-,32+,33-,34+,35-,36-,37-,38+,39+,40-,41-,42-,43+,44+,47+,48-,49+/m1/s1. The molecule has 0 aromatic carbocycles. The van der Waals surface area contributed by atoms with Crippen LogP contribution in [0, 0.1) is 51.2 Å². The molecule has 388 valence electrons. The summed E-state index contributed by atoms with van der Waals surface area (Å²) in [5, 5.41) is 129. The van der Waals surface area contributed by atoms with Gasteiger partial charge in [0.1, 0.15) is 61.0 Å². The topological polar surface area (TPSA) is 298 Å². The molecule has 4 aliphatic carbocycles. The van der Waals surface area contributed by atoms with E-state index < -0.39 is 146 Å². The Labute approximate surface area is 395 Å². The van der Waals surface area contributed by atoms with Crippen LogP contribution in [-0.2, 0) is 28.4 Å². The molecule has 0 spiro atoms. The zero-order valence-electron chi connectivity index (χ0n) is 40.9. The molecule has 67 heavy (non-hydrogen) atoms. The SMILES string of the molecule is C[C@@H]1[C@@H](O)[C@H](OC[C@H]2O[C@@H](O[C@H](CC[C@@H](C)C3CC[C@@]4(C)C5CC=C6C(CC[C@H](O[C@@H]7O[C@H](CO)[C@@H](O)[C@H](O)[C@H]7O)C6(C)C)[C@]5(C)[C@H](O)C[C@]34C)C(C)(C)O)[C@H](O)[C@@H](O)[C@@H]2O)O[C@H](CO)[C@H]1O. The lowest BCUT2D eigenvalue weighted by atomic mass is 9.38. The molecular formula is C49H84O18. The average molecular weight is 961 g/mol. The number of rotatable bonds is 14. The van der Waals surface area contributed by atoms with Crippen LogP contribution in [0.5, 0.6) is 0 Å². The summed E-state index contributed by atoms with van der Waals surface area (Å²) in [4.78, 5) is 0. The van der Waals surface area contributed by atoms with Gasteiger partial charge >= 0.3 is 0 Å².